The first-order valence-electron chi connectivity index (χ1n) is 22.6. The van der Waals surface area contributed by atoms with Crippen LogP contribution in [0.1, 0.15) is 220 Å². The molecule has 6 nitrogen and oxygen atoms in total. The Bertz CT molecular complexity index is 964. The molecule has 0 aromatic heterocycles. The lowest BCUT2D eigenvalue weighted by Crippen LogP contribution is -2.30. The van der Waals surface area contributed by atoms with Crippen LogP contribution < -0.4 is 0 Å². The highest BCUT2D eigenvalue weighted by Crippen LogP contribution is 2.13. The van der Waals surface area contributed by atoms with Crippen LogP contribution >= 0.6 is 0 Å². The number of ether oxygens (including phenoxy) is 3. The van der Waals surface area contributed by atoms with Crippen molar-refractivity contribution in [3.8, 4) is 0 Å². The van der Waals surface area contributed by atoms with Gasteiger partial charge in [0.15, 0.2) is 6.10 Å². The van der Waals surface area contributed by atoms with Crippen molar-refractivity contribution in [3.05, 3.63) is 48.6 Å². The Kier molecular flexibility index (Phi) is 41.0. The molecule has 1 atom stereocenters. The number of carbonyl (C=O) groups is 3. The lowest BCUT2D eigenvalue weighted by Gasteiger charge is -2.18. The monoisotopic (exact) mass is 757 g/mol. The van der Waals surface area contributed by atoms with Gasteiger partial charge < -0.3 is 14.2 Å². The minimum absolute atomic E-state index is 0.0825. The van der Waals surface area contributed by atoms with E-state index in [9.17, 15) is 14.4 Å². The van der Waals surface area contributed by atoms with E-state index in [0.29, 0.717) is 19.3 Å². The lowest BCUT2D eigenvalue weighted by molar-refractivity contribution is -0.167. The highest BCUT2D eigenvalue weighted by molar-refractivity contribution is 5.71. The zero-order valence-electron chi connectivity index (χ0n) is 35.5. The smallest absolute Gasteiger partial charge is 0.306 e. The molecular formula is C48H84O6. The second kappa shape index (κ2) is 43.1. The number of unbranched alkanes of at least 4 members (excludes halogenated alkanes) is 21. The Balaban J connectivity index is 4.25. The van der Waals surface area contributed by atoms with E-state index >= 15 is 0 Å². The van der Waals surface area contributed by atoms with Crippen molar-refractivity contribution in [1.29, 1.82) is 0 Å². The molecule has 0 aromatic carbocycles. The molecule has 0 aliphatic rings. The molecule has 0 aliphatic carbocycles. The predicted octanol–water partition coefficient (Wildman–Crippen LogP) is 14.4. The van der Waals surface area contributed by atoms with Crippen molar-refractivity contribution < 1.29 is 28.6 Å². The van der Waals surface area contributed by atoms with Crippen molar-refractivity contribution in [1.82, 2.24) is 0 Å². The van der Waals surface area contributed by atoms with Gasteiger partial charge in [-0.25, -0.2) is 0 Å². The standard InChI is InChI=1S/C48H84O6/c1-4-7-10-13-15-17-19-21-23-24-25-27-28-30-32-35-38-41-47(50)53-44-45(43-52-46(49)40-37-34-12-9-6-3)54-48(51)42-39-36-33-31-29-26-22-20-18-16-14-11-8-5-2/h14-17,20-23,45H,4-13,18-19,24-44H2,1-3H3/b16-14-,17-15-,22-20-,23-21-. The number of esters is 3. The summed E-state index contributed by atoms with van der Waals surface area (Å²) in [5, 5.41) is 0. The highest BCUT2D eigenvalue weighted by atomic mass is 16.6. The Morgan fingerprint density at radius 3 is 1.11 bits per heavy atom. The third-order valence-corrected chi connectivity index (χ3v) is 9.56. The van der Waals surface area contributed by atoms with E-state index in [-0.39, 0.29) is 31.1 Å². The third-order valence-electron chi connectivity index (χ3n) is 9.56. The summed E-state index contributed by atoms with van der Waals surface area (Å²) in [7, 11) is 0. The second-order valence-corrected chi connectivity index (χ2v) is 15.0. The third kappa shape index (κ3) is 40.6. The van der Waals surface area contributed by atoms with Gasteiger partial charge in [-0.2, -0.15) is 0 Å². The van der Waals surface area contributed by atoms with Gasteiger partial charge in [-0.05, 0) is 77.0 Å². The number of rotatable bonds is 40. The molecule has 6 heteroatoms. The fourth-order valence-corrected chi connectivity index (χ4v) is 6.07. The minimum Gasteiger partial charge on any atom is -0.462 e. The highest BCUT2D eigenvalue weighted by Gasteiger charge is 2.19. The molecule has 0 fully saturated rings. The molecule has 0 N–H and O–H groups in total. The molecule has 0 aliphatic heterocycles. The minimum atomic E-state index is -0.777. The van der Waals surface area contributed by atoms with Crippen LogP contribution in [-0.4, -0.2) is 37.2 Å². The maximum absolute atomic E-state index is 12.7. The molecule has 0 amide bonds. The molecule has 1 unspecified atom stereocenters. The van der Waals surface area contributed by atoms with Crippen LogP contribution in [0.5, 0.6) is 0 Å². The van der Waals surface area contributed by atoms with E-state index in [1.165, 1.54) is 77.0 Å². The van der Waals surface area contributed by atoms with Gasteiger partial charge in [-0.1, -0.05) is 172 Å². The van der Waals surface area contributed by atoms with Crippen LogP contribution in [0.4, 0.5) is 0 Å². The van der Waals surface area contributed by atoms with Crippen LogP contribution in [0.25, 0.3) is 0 Å². The van der Waals surface area contributed by atoms with Gasteiger partial charge in [0, 0.05) is 19.3 Å². The van der Waals surface area contributed by atoms with Gasteiger partial charge >= 0.3 is 17.9 Å². The molecule has 0 aromatic rings. The van der Waals surface area contributed by atoms with E-state index in [4.69, 9.17) is 14.2 Å². The van der Waals surface area contributed by atoms with Crippen LogP contribution in [0, 0.1) is 0 Å². The van der Waals surface area contributed by atoms with Gasteiger partial charge in [-0.15, -0.1) is 0 Å². The molecule has 0 heterocycles. The lowest BCUT2D eigenvalue weighted by atomic mass is 10.1. The average Bonchev–Trinajstić information content (AvgIpc) is 3.17. The summed E-state index contributed by atoms with van der Waals surface area (Å²) in [6.45, 7) is 6.46. The second-order valence-electron chi connectivity index (χ2n) is 15.0. The maximum atomic E-state index is 12.7. The Morgan fingerprint density at radius 1 is 0.370 bits per heavy atom. The Morgan fingerprint density at radius 2 is 0.685 bits per heavy atom. The Hall–Kier alpha value is -2.63. The summed E-state index contributed by atoms with van der Waals surface area (Å²) < 4.78 is 16.6. The number of hydrogen-bond acceptors (Lipinski definition) is 6. The summed E-state index contributed by atoms with van der Waals surface area (Å²) in [5.41, 5.74) is 0. The van der Waals surface area contributed by atoms with Gasteiger partial charge in [0.2, 0.25) is 0 Å². The molecule has 0 bridgehead atoms. The van der Waals surface area contributed by atoms with Gasteiger partial charge in [-0.3, -0.25) is 14.4 Å². The normalized spacial score (nSPS) is 12.4. The van der Waals surface area contributed by atoms with Crippen LogP contribution in [0.3, 0.4) is 0 Å². The molecule has 0 saturated heterocycles. The van der Waals surface area contributed by atoms with E-state index < -0.39 is 6.10 Å². The fraction of sp³-hybridized carbons (Fsp3) is 0.771. The van der Waals surface area contributed by atoms with E-state index in [2.05, 4.69) is 69.4 Å². The van der Waals surface area contributed by atoms with Crippen molar-refractivity contribution in [2.24, 2.45) is 0 Å². The summed E-state index contributed by atoms with van der Waals surface area (Å²) in [6, 6.07) is 0. The van der Waals surface area contributed by atoms with Crippen LogP contribution in [-0.2, 0) is 28.6 Å². The summed E-state index contributed by atoms with van der Waals surface area (Å²) in [6.07, 6.45) is 49.7. The van der Waals surface area contributed by atoms with Crippen LogP contribution in [0.15, 0.2) is 48.6 Å². The van der Waals surface area contributed by atoms with Gasteiger partial charge in [0.25, 0.3) is 0 Å². The zero-order valence-corrected chi connectivity index (χ0v) is 35.5. The first kappa shape index (κ1) is 51.4. The largest absolute Gasteiger partial charge is 0.462 e. The SMILES string of the molecule is CCCC/C=C\C/C=C\CCCCCCCC(=O)OC(COC(=O)CCCCCCC)COC(=O)CCCCCCCCC/C=C\C/C=C\CCCCC. The fourth-order valence-electron chi connectivity index (χ4n) is 6.07. The zero-order chi connectivity index (χ0) is 39.4. The van der Waals surface area contributed by atoms with E-state index in [0.717, 1.165) is 103 Å². The molecule has 0 radical (unpaired) electrons. The first-order chi connectivity index (χ1) is 26.5. The van der Waals surface area contributed by atoms with Crippen molar-refractivity contribution >= 4 is 17.9 Å². The quantitative estimate of drug-likeness (QED) is 0.0268. The summed E-state index contributed by atoms with van der Waals surface area (Å²) in [5.74, 6) is -0.920. The van der Waals surface area contributed by atoms with Gasteiger partial charge in [0.1, 0.15) is 13.2 Å². The molecule has 0 spiro atoms. The molecule has 54 heavy (non-hydrogen) atoms. The molecule has 0 rings (SSSR count). The number of allylic oxidation sites excluding steroid dienone is 8. The number of hydrogen-bond donors (Lipinski definition) is 0. The average molecular weight is 757 g/mol. The van der Waals surface area contributed by atoms with Crippen LogP contribution in [0.2, 0.25) is 0 Å². The summed E-state index contributed by atoms with van der Waals surface area (Å²) in [4.78, 5) is 37.5. The maximum Gasteiger partial charge on any atom is 0.306 e. The topological polar surface area (TPSA) is 78.9 Å². The van der Waals surface area contributed by atoms with Crippen molar-refractivity contribution in [3.63, 3.8) is 0 Å². The molecule has 0 saturated carbocycles. The first-order valence-corrected chi connectivity index (χ1v) is 22.6. The van der Waals surface area contributed by atoms with Crippen molar-refractivity contribution in [2.45, 2.75) is 226 Å². The Labute approximate surface area is 333 Å². The van der Waals surface area contributed by atoms with E-state index in [1.54, 1.807) is 0 Å². The molecule has 312 valence electrons. The number of carbonyl (C=O) groups excluding carboxylic acids is 3. The molecular weight excluding hydrogens is 673 g/mol. The van der Waals surface area contributed by atoms with Gasteiger partial charge in [0.05, 0.1) is 0 Å². The van der Waals surface area contributed by atoms with E-state index in [1.807, 2.05) is 0 Å². The predicted molar refractivity (Wildman–Crippen MR) is 229 cm³/mol. The summed E-state index contributed by atoms with van der Waals surface area (Å²) >= 11 is 0. The van der Waals surface area contributed by atoms with Crippen molar-refractivity contribution in [2.75, 3.05) is 13.2 Å².